The maximum absolute atomic E-state index is 10.9. The number of aliphatic imine (C=N–C) groups is 1. The summed E-state index contributed by atoms with van der Waals surface area (Å²) in [5.74, 6) is 0.403. The Hall–Kier alpha value is -2.17. The zero-order chi connectivity index (χ0) is 23.5. The number of phosphoric ester groups is 1. The van der Waals surface area contributed by atoms with Gasteiger partial charge in [0.25, 0.3) is 0 Å². The van der Waals surface area contributed by atoms with Crippen LogP contribution in [-0.4, -0.2) is 83.5 Å². The summed E-state index contributed by atoms with van der Waals surface area (Å²) in [7, 11) is -4.77. The highest BCUT2D eigenvalue weighted by Gasteiger charge is 2.45. The van der Waals surface area contributed by atoms with E-state index in [-0.39, 0.29) is 10.6 Å². The van der Waals surface area contributed by atoms with Gasteiger partial charge in [0.2, 0.25) is 5.95 Å². The molecule has 0 amide bonds. The van der Waals surface area contributed by atoms with Gasteiger partial charge in [0.05, 0.1) is 12.9 Å². The summed E-state index contributed by atoms with van der Waals surface area (Å²) in [5, 5.41) is 23.7. The third kappa shape index (κ3) is 5.99. The molecule has 0 radical (unpaired) electrons. The molecule has 2 aromatic rings. The minimum Gasteiger partial charge on any atom is -0.387 e. The number of nitrogens with zero attached hydrogens (tertiary/aromatic N) is 4. The summed E-state index contributed by atoms with van der Waals surface area (Å²) in [6.45, 7) is 0.447. The SMILES string of the molecule is NC(N)=NCCCCNc1nc(=S)c2ncn([C@@H]3O[C@H](COP(=O)(O)O)C(O)C3O)c2[nH]1. The number of aliphatic hydroxyl groups is 2. The Bertz CT molecular complexity index is 1070. The van der Waals surface area contributed by atoms with Gasteiger partial charge in [-0.25, -0.2) is 14.5 Å². The van der Waals surface area contributed by atoms with Crippen molar-refractivity contribution in [2.75, 3.05) is 25.0 Å². The molecule has 15 nitrogen and oxygen atoms in total. The van der Waals surface area contributed by atoms with Crippen molar-refractivity contribution in [2.45, 2.75) is 37.4 Å². The molecule has 0 aromatic carbocycles. The molecule has 17 heteroatoms. The number of nitrogens with one attached hydrogen (secondary N) is 2. The van der Waals surface area contributed by atoms with Gasteiger partial charge >= 0.3 is 7.82 Å². The van der Waals surface area contributed by atoms with Crippen LogP contribution < -0.4 is 16.8 Å². The number of imidazole rings is 1. The zero-order valence-electron chi connectivity index (χ0n) is 16.7. The summed E-state index contributed by atoms with van der Waals surface area (Å²) in [6.07, 6.45) is -2.28. The molecule has 32 heavy (non-hydrogen) atoms. The van der Waals surface area contributed by atoms with Crippen molar-refractivity contribution in [2.24, 2.45) is 16.5 Å². The van der Waals surface area contributed by atoms with Crippen LogP contribution in [0.3, 0.4) is 0 Å². The van der Waals surface area contributed by atoms with E-state index >= 15 is 0 Å². The first-order valence-electron chi connectivity index (χ1n) is 9.54. The topological polar surface area (TPSA) is 239 Å². The van der Waals surface area contributed by atoms with Crippen LogP contribution in [0, 0.1) is 4.64 Å². The number of phosphoric acid groups is 1. The van der Waals surface area contributed by atoms with Gasteiger partial charge < -0.3 is 46.5 Å². The number of unbranched alkanes of at least 4 members (excludes halogenated alkanes) is 1. The van der Waals surface area contributed by atoms with Crippen molar-refractivity contribution in [1.29, 1.82) is 0 Å². The van der Waals surface area contributed by atoms with E-state index < -0.39 is 39.0 Å². The summed E-state index contributed by atoms with van der Waals surface area (Å²) in [5.41, 5.74) is 11.3. The van der Waals surface area contributed by atoms with Crippen LogP contribution in [0.4, 0.5) is 5.95 Å². The number of rotatable bonds is 10. The number of aliphatic hydroxyl groups excluding tert-OH is 2. The fourth-order valence-electron chi connectivity index (χ4n) is 3.13. The molecule has 0 aliphatic carbocycles. The second-order valence-electron chi connectivity index (χ2n) is 7.01. The number of hydrogen-bond donors (Lipinski definition) is 8. The molecule has 2 aromatic heterocycles. The first-order chi connectivity index (χ1) is 15.1. The molecule has 1 aliphatic heterocycles. The molecule has 4 atom stereocenters. The van der Waals surface area contributed by atoms with Crippen molar-refractivity contribution in [1.82, 2.24) is 19.5 Å². The highest BCUT2D eigenvalue weighted by molar-refractivity contribution is 7.71. The van der Waals surface area contributed by atoms with Gasteiger partial charge in [0.15, 0.2) is 16.8 Å². The summed E-state index contributed by atoms with van der Waals surface area (Å²) in [6, 6.07) is 0. The quantitative estimate of drug-likeness (QED) is 0.0632. The van der Waals surface area contributed by atoms with Crippen LogP contribution in [0.1, 0.15) is 19.1 Å². The number of aromatic nitrogens is 4. The van der Waals surface area contributed by atoms with Gasteiger partial charge in [0, 0.05) is 13.1 Å². The van der Waals surface area contributed by atoms with Crippen molar-refractivity contribution in [3.05, 3.63) is 11.0 Å². The predicted octanol–water partition coefficient (Wildman–Crippen LogP) is -1.32. The normalized spacial score (nSPS) is 23.5. The predicted molar refractivity (Wildman–Crippen MR) is 115 cm³/mol. The lowest BCUT2D eigenvalue weighted by atomic mass is 10.1. The Morgan fingerprint density at radius 3 is 2.81 bits per heavy atom. The van der Waals surface area contributed by atoms with Crippen LogP contribution >= 0.6 is 20.0 Å². The lowest BCUT2D eigenvalue weighted by Gasteiger charge is -2.17. The number of H-pyrrole nitrogens is 1. The van der Waals surface area contributed by atoms with Crippen LogP contribution in [0.25, 0.3) is 11.2 Å². The van der Waals surface area contributed by atoms with Crippen LogP contribution in [0.15, 0.2) is 11.3 Å². The lowest BCUT2D eigenvalue weighted by Crippen LogP contribution is -2.33. The first-order valence-corrected chi connectivity index (χ1v) is 11.5. The van der Waals surface area contributed by atoms with Gasteiger partial charge in [0.1, 0.15) is 29.5 Å². The van der Waals surface area contributed by atoms with E-state index in [1.807, 2.05) is 0 Å². The van der Waals surface area contributed by atoms with Gasteiger partial charge in [-0.1, -0.05) is 12.2 Å². The van der Waals surface area contributed by atoms with E-state index in [2.05, 4.69) is 29.8 Å². The molecule has 0 spiro atoms. The molecule has 1 fully saturated rings. The second-order valence-corrected chi connectivity index (χ2v) is 8.64. The third-order valence-corrected chi connectivity index (χ3v) is 5.41. The maximum Gasteiger partial charge on any atom is 0.469 e. The number of aromatic amines is 1. The van der Waals surface area contributed by atoms with Gasteiger partial charge in [-0.15, -0.1) is 0 Å². The number of hydrogen-bond acceptors (Lipinski definition) is 10. The zero-order valence-corrected chi connectivity index (χ0v) is 18.4. The summed E-state index contributed by atoms with van der Waals surface area (Å²) in [4.78, 5) is 33.0. The molecule has 10 N–H and O–H groups in total. The highest BCUT2D eigenvalue weighted by atomic mass is 32.1. The van der Waals surface area contributed by atoms with Crippen molar-refractivity contribution in [3.63, 3.8) is 0 Å². The average molecular weight is 492 g/mol. The smallest absolute Gasteiger partial charge is 0.387 e. The summed E-state index contributed by atoms with van der Waals surface area (Å²) >= 11 is 5.28. The molecule has 1 saturated heterocycles. The van der Waals surface area contributed by atoms with E-state index in [1.165, 1.54) is 10.9 Å². The number of fused-ring (bicyclic) bond motifs is 1. The molecule has 2 unspecified atom stereocenters. The second kappa shape index (κ2) is 10.2. The van der Waals surface area contributed by atoms with E-state index in [1.54, 1.807) is 0 Å². The lowest BCUT2D eigenvalue weighted by molar-refractivity contribution is -0.0503. The fraction of sp³-hybridized carbons (Fsp3) is 0.600. The largest absolute Gasteiger partial charge is 0.469 e. The first kappa shape index (κ1) is 24.5. The maximum atomic E-state index is 10.9. The van der Waals surface area contributed by atoms with Gasteiger partial charge in [-0.2, -0.15) is 0 Å². The van der Waals surface area contributed by atoms with Gasteiger partial charge in [-0.05, 0) is 12.8 Å². The number of nitrogens with two attached hydrogens (primary N) is 2. The Morgan fingerprint density at radius 2 is 2.12 bits per heavy atom. The minimum absolute atomic E-state index is 0.0411. The van der Waals surface area contributed by atoms with Crippen LogP contribution in [0.5, 0.6) is 0 Å². The van der Waals surface area contributed by atoms with Crippen molar-refractivity contribution >= 4 is 43.1 Å². The van der Waals surface area contributed by atoms with E-state index in [0.29, 0.717) is 30.2 Å². The Kier molecular flexibility index (Phi) is 7.79. The molecular formula is C15H25N8O7PS. The average Bonchev–Trinajstić information content (AvgIpc) is 3.24. The minimum atomic E-state index is -4.77. The fourth-order valence-corrected chi connectivity index (χ4v) is 3.71. The van der Waals surface area contributed by atoms with E-state index in [0.717, 1.165) is 12.8 Å². The standard InChI is InChI=1S/C15H25N8O7PS/c16-14(17)18-3-1-2-4-19-15-21-11-8(12(32)22-15)20-6-23(11)13-10(25)9(24)7(30-13)5-29-31(26,27)28/h6-7,9-10,13,24-25H,1-5H2,(H4,16,17,18)(H2,26,27,28)(H2,19,21,22,32)/t7-,9?,10?,13-/m1/s1. The summed E-state index contributed by atoms with van der Waals surface area (Å²) < 4.78 is 22.5. The Labute approximate surface area is 186 Å². The van der Waals surface area contributed by atoms with E-state index in [4.69, 9.17) is 38.2 Å². The number of guanidine groups is 1. The molecular weight excluding hydrogens is 467 g/mol. The van der Waals surface area contributed by atoms with Crippen LogP contribution in [-0.2, 0) is 13.8 Å². The molecule has 3 heterocycles. The molecule has 1 aliphatic rings. The Balaban J connectivity index is 1.72. The Morgan fingerprint density at radius 1 is 1.38 bits per heavy atom. The monoisotopic (exact) mass is 492 g/mol. The highest BCUT2D eigenvalue weighted by Crippen LogP contribution is 2.38. The van der Waals surface area contributed by atoms with Crippen LogP contribution in [0.2, 0.25) is 0 Å². The van der Waals surface area contributed by atoms with Gasteiger partial charge in [-0.3, -0.25) is 14.1 Å². The molecule has 0 saturated carbocycles. The molecule has 0 bridgehead atoms. The number of ether oxygens (including phenoxy) is 1. The molecule has 3 rings (SSSR count). The molecule has 178 valence electrons. The van der Waals surface area contributed by atoms with Crippen molar-refractivity contribution in [3.8, 4) is 0 Å². The van der Waals surface area contributed by atoms with Crippen molar-refractivity contribution < 1.29 is 33.8 Å². The third-order valence-electron chi connectivity index (χ3n) is 4.64. The van der Waals surface area contributed by atoms with E-state index in [9.17, 15) is 14.8 Å². The number of anilines is 1.